The zero-order valence-corrected chi connectivity index (χ0v) is 9.96. The lowest BCUT2D eigenvalue weighted by molar-refractivity contribution is -0.136. The van der Waals surface area contributed by atoms with Crippen molar-refractivity contribution in [1.29, 1.82) is 0 Å². The third kappa shape index (κ3) is 3.18. The number of para-hydroxylation sites is 1. The third-order valence-electron chi connectivity index (χ3n) is 2.22. The number of ketones is 1. The summed E-state index contributed by atoms with van der Waals surface area (Å²) in [5.41, 5.74) is 4.75. The van der Waals surface area contributed by atoms with E-state index in [1.807, 2.05) is 0 Å². The van der Waals surface area contributed by atoms with E-state index < -0.39 is 17.6 Å². The summed E-state index contributed by atoms with van der Waals surface area (Å²) in [6.07, 6.45) is -1.09. The molecule has 1 aromatic rings. The van der Waals surface area contributed by atoms with Crippen molar-refractivity contribution in [3.63, 3.8) is 0 Å². The van der Waals surface area contributed by atoms with E-state index in [4.69, 9.17) is 22.4 Å². The molecule has 0 fully saturated rings. The number of carbonyl (C=O) groups excluding carboxylic acids is 1. The standard InChI is InChI=1S/C11H13ClN2O3/c1-7(15)10(13)14(9(12)11(16)17)8-5-3-2-4-6-8/h2-6,9-10H,13H2,1H3,(H,16,17). The van der Waals surface area contributed by atoms with E-state index in [0.717, 1.165) is 4.90 Å². The Morgan fingerprint density at radius 3 is 2.29 bits per heavy atom. The van der Waals surface area contributed by atoms with Crippen molar-refractivity contribution < 1.29 is 14.7 Å². The smallest absolute Gasteiger partial charge is 0.342 e. The number of benzene rings is 1. The lowest BCUT2D eigenvalue weighted by Crippen LogP contribution is -2.53. The second-order valence-corrected chi connectivity index (χ2v) is 3.89. The fourth-order valence-corrected chi connectivity index (χ4v) is 1.58. The molecule has 2 unspecified atom stereocenters. The van der Waals surface area contributed by atoms with Gasteiger partial charge in [-0.3, -0.25) is 4.79 Å². The van der Waals surface area contributed by atoms with Crippen LogP contribution in [-0.2, 0) is 9.59 Å². The van der Waals surface area contributed by atoms with Gasteiger partial charge in [0.25, 0.3) is 0 Å². The first-order valence-corrected chi connectivity index (χ1v) is 5.35. The predicted octanol–water partition coefficient (Wildman–Crippen LogP) is 1.02. The highest BCUT2D eigenvalue weighted by molar-refractivity contribution is 6.31. The number of nitrogens with zero attached hydrogens (tertiary/aromatic N) is 1. The molecule has 2 atom stereocenters. The van der Waals surface area contributed by atoms with Gasteiger partial charge in [0.2, 0.25) is 5.50 Å². The summed E-state index contributed by atoms with van der Waals surface area (Å²) in [6, 6.07) is 8.47. The lowest BCUT2D eigenvalue weighted by Gasteiger charge is -2.31. The van der Waals surface area contributed by atoms with Crippen LogP contribution in [0.3, 0.4) is 0 Å². The van der Waals surface area contributed by atoms with Crippen molar-refractivity contribution in [2.24, 2.45) is 5.73 Å². The molecule has 0 bridgehead atoms. The zero-order chi connectivity index (χ0) is 13.0. The number of carboxylic acid groups (broad SMARTS) is 1. The highest BCUT2D eigenvalue weighted by Gasteiger charge is 2.30. The van der Waals surface area contributed by atoms with E-state index in [-0.39, 0.29) is 5.78 Å². The molecule has 0 spiro atoms. The lowest BCUT2D eigenvalue weighted by atomic mass is 10.2. The first kappa shape index (κ1) is 13.5. The number of nitrogens with two attached hydrogens (primary N) is 1. The van der Waals surface area contributed by atoms with Gasteiger partial charge >= 0.3 is 5.97 Å². The molecule has 0 radical (unpaired) electrons. The molecule has 92 valence electrons. The number of hydrogen-bond donors (Lipinski definition) is 2. The summed E-state index contributed by atoms with van der Waals surface area (Å²) in [7, 11) is 0. The first-order valence-electron chi connectivity index (χ1n) is 4.91. The third-order valence-corrected chi connectivity index (χ3v) is 2.62. The van der Waals surface area contributed by atoms with Gasteiger partial charge in [-0.2, -0.15) is 0 Å². The van der Waals surface area contributed by atoms with Crippen LogP contribution < -0.4 is 10.6 Å². The van der Waals surface area contributed by atoms with Crippen LogP contribution in [0.1, 0.15) is 6.92 Å². The van der Waals surface area contributed by atoms with E-state index in [2.05, 4.69) is 0 Å². The molecule has 5 nitrogen and oxygen atoms in total. The van der Waals surface area contributed by atoms with Crippen LogP contribution in [0.5, 0.6) is 0 Å². The Morgan fingerprint density at radius 1 is 1.35 bits per heavy atom. The topological polar surface area (TPSA) is 83.6 Å². The van der Waals surface area contributed by atoms with Gasteiger partial charge in [0.1, 0.15) is 6.17 Å². The van der Waals surface area contributed by atoms with E-state index in [1.54, 1.807) is 30.3 Å². The van der Waals surface area contributed by atoms with Gasteiger partial charge in [0, 0.05) is 5.69 Å². The highest BCUT2D eigenvalue weighted by atomic mass is 35.5. The number of hydrogen-bond acceptors (Lipinski definition) is 4. The molecule has 0 saturated carbocycles. The molecular formula is C11H13ClN2O3. The Bertz CT molecular complexity index is 390. The monoisotopic (exact) mass is 256 g/mol. The summed E-state index contributed by atoms with van der Waals surface area (Å²) in [4.78, 5) is 23.3. The van der Waals surface area contributed by atoms with Crippen molar-refractivity contribution in [3.05, 3.63) is 30.3 Å². The quantitative estimate of drug-likeness (QED) is 0.467. The summed E-state index contributed by atoms with van der Waals surface area (Å²) in [5.74, 6) is -1.62. The average Bonchev–Trinajstić information content (AvgIpc) is 2.30. The Balaban J connectivity index is 3.11. The minimum absolute atomic E-state index is 0.360. The molecule has 0 aliphatic rings. The van der Waals surface area contributed by atoms with Gasteiger partial charge in [-0.15, -0.1) is 0 Å². The number of rotatable bonds is 5. The fraction of sp³-hybridized carbons (Fsp3) is 0.273. The zero-order valence-electron chi connectivity index (χ0n) is 9.21. The molecule has 0 aromatic heterocycles. The van der Waals surface area contributed by atoms with Crippen LogP contribution in [0, 0.1) is 0 Å². The van der Waals surface area contributed by atoms with Crippen molar-refractivity contribution in [2.45, 2.75) is 18.6 Å². The van der Waals surface area contributed by atoms with Gasteiger partial charge < -0.3 is 15.7 Å². The first-order chi connectivity index (χ1) is 7.95. The molecule has 0 amide bonds. The fourth-order valence-electron chi connectivity index (χ4n) is 1.35. The normalized spacial score (nSPS) is 13.8. The van der Waals surface area contributed by atoms with Crippen LogP contribution in [0.25, 0.3) is 0 Å². The maximum Gasteiger partial charge on any atom is 0.342 e. The average molecular weight is 257 g/mol. The van der Waals surface area contributed by atoms with E-state index in [0.29, 0.717) is 5.69 Å². The SMILES string of the molecule is CC(=O)C(N)N(c1ccccc1)C(Cl)C(=O)O. The summed E-state index contributed by atoms with van der Waals surface area (Å²) in [5, 5.41) is 8.90. The molecule has 0 saturated heterocycles. The molecule has 0 heterocycles. The molecule has 1 aromatic carbocycles. The molecule has 0 aliphatic heterocycles. The number of carboxylic acids is 1. The maximum absolute atomic E-state index is 11.3. The van der Waals surface area contributed by atoms with Crippen LogP contribution in [-0.4, -0.2) is 28.5 Å². The minimum Gasteiger partial charge on any atom is -0.479 e. The van der Waals surface area contributed by atoms with E-state index in [9.17, 15) is 9.59 Å². The van der Waals surface area contributed by atoms with Gasteiger partial charge in [-0.1, -0.05) is 29.8 Å². The summed E-state index contributed by atoms with van der Waals surface area (Å²) >= 11 is 5.75. The Morgan fingerprint density at radius 2 is 1.88 bits per heavy atom. The molecule has 17 heavy (non-hydrogen) atoms. The van der Waals surface area contributed by atoms with Gasteiger partial charge in [0.05, 0.1) is 0 Å². The maximum atomic E-state index is 11.3. The van der Waals surface area contributed by atoms with Crippen molar-refractivity contribution in [1.82, 2.24) is 0 Å². The number of carbonyl (C=O) groups is 2. The second kappa shape index (κ2) is 5.65. The van der Waals surface area contributed by atoms with Gasteiger partial charge in [0.15, 0.2) is 5.78 Å². The molecule has 0 aliphatic carbocycles. The number of anilines is 1. The van der Waals surface area contributed by atoms with E-state index >= 15 is 0 Å². The Kier molecular flexibility index (Phi) is 4.48. The van der Waals surface area contributed by atoms with Crippen molar-refractivity contribution in [3.8, 4) is 0 Å². The second-order valence-electron chi connectivity index (χ2n) is 3.47. The predicted molar refractivity (Wildman–Crippen MR) is 64.9 cm³/mol. The number of aliphatic carboxylic acids is 1. The highest BCUT2D eigenvalue weighted by Crippen LogP contribution is 2.20. The Labute approximate surface area is 104 Å². The van der Waals surface area contributed by atoms with E-state index in [1.165, 1.54) is 6.92 Å². The number of alkyl halides is 1. The molecule has 1 rings (SSSR count). The molecular weight excluding hydrogens is 244 g/mol. The Hall–Kier alpha value is -1.59. The van der Waals surface area contributed by atoms with Crippen LogP contribution in [0.4, 0.5) is 5.69 Å². The van der Waals surface area contributed by atoms with Crippen molar-refractivity contribution >= 4 is 29.0 Å². The minimum atomic E-state index is -1.39. The van der Waals surface area contributed by atoms with Crippen molar-refractivity contribution in [2.75, 3.05) is 4.90 Å². The summed E-state index contributed by atoms with van der Waals surface area (Å²) in [6.45, 7) is 1.28. The summed E-state index contributed by atoms with van der Waals surface area (Å²) < 4.78 is 0. The molecule has 6 heteroatoms. The van der Waals surface area contributed by atoms with Crippen LogP contribution in [0.2, 0.25) is 0 Å². The van der Waals surface area contributed by atoms with Crippen LogP contribution >= 0.6 is 11.6 Å². The number of Topliss-reactive ketones (excluding diaryl/α,β-unsaturated/α-hetero) is 1. The van der Waals surface area contributed by atoms with Crippen LogP contribution in [0.15, 0.2) is 30.3 Å². The molecule has 3 N–H and O–H groups in total. The van der Waals surface area contributed by atoms with Gasteiger partial charge in [-0.25, -0.2) is 4.79 Å². The number of halogens is 1. The largest absolute Gasteiger partial charge is 0.479 e. The van der Waals surface area contributed by atoms with Gasteiger partial charge in [-0.05, 0) is 19.1 Å².